The molecule has 1 atom stereocenters. The van der Waals surface area contributed by atoms with Gasteiger partial charge in [-0.3, -0.25) is 4.79 Å². The van der Waals surface area contributed by atoms with E-state index >= 15 is 0 Å². The molecule has 0 bridgehead atoms. The van der Waals surface area contributed by atoms with Gasteiger partial charge in [0, 0.05) is 17.6 Å². The van der Waals surface area contributed by atoms with Gasteiger partial charge >= 0.3 is 0 Å². The van der Waals surface area contributed by atoms with Crippen LogP contribution in [0.3, 0.4) is 0 Å². The van der Waals surface area contributed by atoms with E-state index < -0.39 is 0 Å². The van der Waals surface area contributed by atoms with Crippen LogP contribution in [0.15, 0.2) is 29.4 Å². The first kappa shape index (κ1) is 14.3. The lowest BCUT2D eigenvalue weighted by atomic mass is 9.91. The SMILES string of the molecule is Cc1cccc(-n2nnnc2SC[C@]2(C)CCCC2=O)c1. The molecular weight excluding hydrogens is 284 g/mol. The van der Waals surface area contributed by atoms with Gasteiger partial charge in [0.25, 0.3) is 0 Å². The van der Waals surface area contributed by atoms with Crippen LogP contribution in [0.1, 0.15) is 31.7 Å². The molecule has 0 unspecified atom stereocenters. The summed E-state index contributed by atoms with van der Waals surface area (Å²) in [7, 11) is 0. The summed E-state index contributed by atoms with van der Waals surface area (Å²) in [5.74, 6) is 1.10. The van der Waals surface area contributed by atoms with Crippen LogP contribution in [0.5, 0.6) is 0 Å². The lowest BCUT2D eigenvalue weighted by Gasteiger charge is -2.20. The monoisotopic (exact) mass is 302 g/mol. The predicted octanol–water partition coefficient (Wildman–Crippen LogP) is 2.82. The summed E-state index contributed by atoms with van der Waals surface area (Å²) in [5.41, 5.74) is 1.89. The molecule has 0 spiro atoms. The zero-order chi connectivity index (χ0) is 14.9. The second-order valence-corrected chi connectivity index (χ2v) is 6.78. The molecule has 0 N–H and O–H groups in total. The van der Waals surface area contributed by atoms with Crippen LogP contribution in [0.2, 0.25) is 0 Å². The van der Waals surface area contributed by atoms with Gasteiger partial charge in [0.1, 0.15) is 5.78 Å². The molecule has 0 radical (unpaired) electrons. The van der Waals surface area contributed by atoms with Gasteiger partial charge in [0.15, 0.2) is 0 Å². The van der Waals surface area contributed by atoms with Crippen molar-refractivity contribution in [2.24, 2.45) is 5.41 Å². The first-order valence-corrected chi connectivity index (χ1v) is 8.09. The molecule has 110 valence electrons. The van der Waals surface area contributed by atoms with Gasteiger partial charge in [-0.05, 0) is 47.9 Å². The van der Waals surface area contributed by atoms with Crippen molar-refractivity contribution in [1.29, 1.82) is 0 Å². The van der Waals surface area contributed by atoms with E-state index in [9.17, 15) is 4.79 Å². The van der Waals surface area contributed by atoms with Gasteiger partial charge in [0.2, 0.25) is 5.16 Å². The fraction of sp³-hybridized carbons (Fsp3) is 0.467. The fourth-order valence-corrected chi connectivity index (χ4v) is 3.76. The Bertz CT molecular complexity index is 669. The Hall–Kier alpha value is -1.69. The highest BCUT2D eigenvalue weighted by Crippen LogP contribution is 2.38. The van der Waals surface area contributed by atoms with Crippen molar-refractivity contribution < 1.29 is 4.79 Å². The average molecular weight is 302 g/mol. The molecule has 1 aromatic heterocycles. The van der Waals surface area contributed by atoms with E-state index in [2.05, 4.69) is 22.4 Å². The zero-order valence-corrected chi connectivity index (χ0v) is 13.1. The number of benzene rings is 1. The summed E-state index contributed by atoms with van der Waals surface area (Å²) >= 11 is 1.56. The quantitative estimate of drug-likeness (QED) is 0.813. The van der Waals surface area contributed by atoms with E-state index in [4.69, 9.17) is 0 Å². The third-order valence-corrected chi connectivity index (χ3v) is 5.31. The van der Waals surface area contributed by atoms with Crippen LogP contribution in [0.4, 0.5) is 0 Å². The molecule has 1 aliphatic carbocycles. The molecule has 1 heterocycles. The number of Topliss-reactive ketones (excluding diaryl/α,β-unsaturated/α-hetero) is 1. The van der Waals surface area contributed by atoms with E-state index in [0.717, 1.165) is 35.0 Å². The summed E-state index contributed by atoms with van der Waals surface area (Å²) in [6.45, 7) is 4.09. The number of rotatable bonds is 4. The number of carbonyl (C=O) groups is 1. The number of nitrogens with zero attached hydrogens (tertiary/aromatic N) is 4. The lowest BCUT2D eigenvalue weighted by Crippen LogP contribution is -2.24. The summed E-state index contributed by atoms with van der Waals surface area (Å²) in [6.07, 6.45) is 2.67. The van der Waals surface area contributed by atoms with Crippen LogP contribution >= 0.6 is 11.8 Å². The molecule has 6 heteroatoms. The van der Waals surface area contributed by atoms with E-state index in [1.165, 1.54) is 0 Å². The molecule has 0 aliphatic heterocycles. The maximum atomic E-state index is 12.0. The number of tetrazole rings is 1. The molecule has 1 saturated carbocycles. The Morgan fingerprint density at radius 1 is 1.43 bits per heavy atom. The number of carbonyl (C=O) groups excluding carboxylic acids is 1. The van der Waals surface area contributed by atoms with Crippen molar-refractivity contribution in [1.82, 2.24) is 20.2 Å². The highest BCUT2D eigenvalue weighted by molar-refractivity contribution is 7.99. The summed E-state index contributed by atoms with van der Waals surface area (Å²) < 4.78 is 1.74. The van der Waals surface area contributed by atoms with Crippen LogP contribution in [-0.2, 0) is 4.79 Å². The maximum absolute atomic E-state index is 12.0. The highest BCUT2D eigenvalue weighted by Gasteiger charge is 2.37. The topological polar surface area (TPSA) is 60.7 Å². The largest absolute Gasteiger partial charge is 0.299 e. The van der Waals surface area contributed by atoms with Crippen LogP contribution in [-0.4, -0.2) is 31.7 Å². The minimum absolute atomic E-state index is 0.228. The van der Waals surface area contributed by atoms with Crippen LogP contribution in [0, 0.1) is 12.3 Å². The molecule has 3 rings (SSSR count). The van der Waals surface area contributed by atoms with E-state index in [1.807, 2.05) is 31.2 Å². The van der Waals surface area contributed by atoms with Crippen molar-refractivity contribution in [3.8, 4) is 5.69 Å². The van der Waals surface area contributed by atoms with Crippen molar-refractivity contribution in [2.75, 3.05) is 5.75 Å². The highest BCUT2D eigenvalue weighted by atomic mass is 32.2. The number of aryl methyl sites for hydroxylation is 1. The minimum atomic E-state index is -0.228. The summed E-state index contributed by atoms with van der Waals surface area (Å²) in [4.78, 5) is 12.0. The minimum Gasteiger partial charge on any atom is -0.299 e. The normalized spacial score (nSPS) is 21.9. The number of aromatic nitrogens is 4. The smallest absolute Gasteiger partial charge is 0.214 e. The first-order valence-electron chi connectivity index (χ1n) is 7.10. The van der Waals surface area contributed by atoms with E-state index in [-0.39, 0.29) is 5.41 Å². The Kier molecular flexibility index (Phi) is 3.80. The standard InChI is InChI=1S/C15H18N4OS/c1-11-5-3-6-12(9-11)19-14(16-17-18-19)21-10-15(2)8-4-7-13(15)20/h3,5-6,9H,4,7-8,10H2,1-2H3/t15-/m0/s1. The molecular formula is C15H18N4OS. The van der Waals surface area contributed by atoms with Crippen molar-refractivity contribution in [3.63, 3.8) is 0 Å². The Morgan fingerprint density at radius 2 is 2.29 bits per heavy atom. The third kappa shape index (κ3) is 2.85. The van der Waals surface area contributed by atoms with Gasteiger partial charge in [-0.2, -0.15) is 4.68 Å². The van der Waals surface area contributed by atoms with Gasteiger partial charge in [-0.25, -0.2) is 0 Å². The Morgan fingerprint density at radius 3 is 3.00 bits per heavy atom. The molecule has 1 aliphatic rings. The molecule has 21 heavy (non-hydrogen) atoms. The third-order valence-electron chi connectivity index (χ3n) is 4.01. The second kappa shape index (κ2) is 5.60. The molecule has 0 amide bonds. The van der Waals surface area contributed by atoms with Gasteiger partial charge < -0.3 is 0 Å². The number of hydrogen-bond acceptors (Lipinski definition) is 5. The second-order valence-electron chi connectivity index (χ2n) is 5.84. The predicted molar refractivity (Wildman–Crippen MR) is 81.6 cm³/mol. The number of thioether (sulfide) groups is 1. The molecule has 0 saturated heterocycles. The Labute approximate surface area is 128 Å². The number of ketones is 1. The zero-order valence-electron chi connectivity index (χ0n) is 12.2. The van der Waals surface area contributed by atoms with Gasteiger partial charge in [0.05, 0.1) is 5.69 Å². The Balaban J connectivity index is 1.79. The number of hydrogen-bond donors (Lipinski definition) is 0. The van der Waals surface area contributed by atoms with Crippen LogP contribution < -0.4 is 0 Å². The molecule has 5 nitrogen and oxygen atoms in total. The van der Waals surface area contributed by atoms with E-state index in [1.54, 1.807) is 16.4 Å². The van der Waals surface area contributed by atoms with Crippen molar-refractivity contribution in [2.45, 2.75) is 38.3 Å². The maximum Gasteiger partial charge on any atom is 0.214 e. The van der Waals surface area contributed by atoms with Crippen LogP contribution in [0.25, 0.3) is 5.69 Å². The summed E-state index contributed by atoms with van der Waals surface area (Å²) in [5, 5.41) is 12.7. The average Bonchev–Trinajstić information content (AvgIpc) is 3.05. The van der Waals surface area contributed by atoms with Crippen molar-refractivity contribution in [3.05, 3.63) is 29.8 Å². The fourth-order valence-electron chi connectivity index (χ4n) is 2.65. The van der Waals surface area contributed by atoms with E-state index in [0.29, 0.717) is 12.2 Å². The summed E-state index contributed by atoms with van der Waals surface area (Å²) in [6, 6.07) is 8.06. The molecule has 2 aromatic rings. The lowest BCUT2D eigenvalue weighted by molar-refractivity contribution is -0.124. The van der Waals surface area contributed by atoms with Crippen molar-refractivity contribution >= 4 is 17.5 Å². The first-order chi connectivity index (χ1) is 10.1. The molecule has 1 fully saturated rings. The van der Waals surface area contributed by atoms with Gasteiger partial charge in [-0.15, -0.1) is 5.10 Å². The molecule has 1 aromatic carbocycles. The van der Waals surface area contributed by atoms with Gasteiger partial charge in [-0.1, -0.05) is 30.8 Å².